The van der Waals surface area contributed by atoms with Crippen molar-refractivity contribution in [1.29, 1.82) is 0 Å². The van der Waals surface area contributed by atoms with E-state index in [0.717, 1.165) is 12.0 Å². The van der Waals surface area contributed by atoms with E-state index in [0.29, 0.717) is 12.3 Å². The van der Waals surface area contributed by atoms with Crippen molar-refractivity contribution in [2.24, 2.45) is 0 Å². The van der Waals surface area contributed by atoms with Crippen molar-refractivity contribution in [3.63, 3.8) is 0 Å². The van der Waals surface area contributed by atoms with Crippen molar-refractivity contribution in [1.82, 2.24) is 15.5 Å². The van der Waals surface area contributed by atoms with Gasteiger partial charge in [-0.25, -0.2) is 8.42 Å². The lowest BCUT2D eigenvalue weighted by Crippen LogP contribution is -2.62. The number of sulfone groups is 1. The van der Waals surface area contributed by atoms with E-state index in [1.165, 1.54) is 16.7 Å². The van der Waals surface area contributed by atoms with E-state index >= 15 is 0 Å². The van der Waals surface area contributed by atoms with Gasteiger partial charge in [-0.3, -0.25) is 14.9 Å². The number of hydrogen-bond acceptors (Lipinski definition) is 6. The summed E-state index contributed by atoms with van der Waals surface area (Å²) in [4.78, 5) is 24.8. The van der Waals surface area contributed by atoms with Gasteiger partial charge in [-0.2, -0.15) is 11.8 Å². The molecule has 2 rings (SSSR count). The summed E-state index contributed by atoms with van der Waals surface area (Å²) in [6, 6.07) is -0.537. The molecule has 0 radical (unpaired) electrons. The topological polar surface area (TPSA) is 95.6 Å². The van der Waals surface area contributed by atoms with Gasteiger partial charge in [-0.15, -0.1) is 0 Å². The normalized spacial score (nSPS) is 28.9. The van der Waals surface area contributed by atoms with Gasteiger partial charge in [0.25, 0.3) is 0 Å². The summed E-state index contributed by atoms with van der Waals surface area (Å²) in [6.45, 7) is 0.716. The fourth-order valence-electron chi connectivity index (χ4n) is 2.13. The van der Waals surface area contributed by atoms with Crippen LogP contribution in [0.2, 0.25) is 0 Å². The van der Waals surface area contributed by atoms with Crippen LogP contribution in [0.4, 0.5) is 0 Å². The van der Waals surface area contributed by atoms with E-state index in [1.807, 2.05) is 0 Å². The minimum absolute atomic E-state index is 0.0859. The van der Waals surface area contributed by atoms with E-state index < -0.39 is 21.3 Å². The first-order valence-corrected chi connectivity index (χ1v) is 9.07. The minimum atomic E-state index is -3.30. The molecule has 2 atom stereocenters. The van der Waals surface area contributed by atoms with E-state index in [-0.39, 0.29) is 24.9 Å². The van der Waals surface area contributed by atoms with Crippen LogP contribution < -0.4 is 10.6 Å². The molecule has 2 unspecified atom stereocenters. The fourth-order valence-corrected chi connectivity index (χ4v) is 4.95. The summed E-state index contributed by atoms with van der Waals surface area (Å²) in [5.41, 5.74) is 0. The molecule has 0 saturated carbocycles. The Morgan fingerprint density at radius 1 is 1.47 bits per heavy atom. The van der Waals surface area contributed by atoms with E-state index in [4.69, 9.17) is 0 Å². The Bertz CT molecular complexity index is 469. The highest BCUT2D eigenvalue weighted by atomic mass is 32.2. The average Bonchev–Trinajstić information content (AvgIpc) is 2.38. The predicted molar refractivity (Wildman–Crippen MR) is 72.5 cm³/mol. The summed E-state index contributed by atoms with van der Waals surface area (Å²) >= 11 is 1.53. The highest BCUT2D eigenvalue weighted by molar-refractivity contribution is 8.00. The first-order chi connectivity index (χ1) is 8.89. The van der Waals surface area contributed by atoms with Crippen LogP contribution in [0.5, 0.6) is 0 Å². The Hall–Kier alpha value is -0.800. The van der Waals surface area contributed by atoms with Crippen LogP contribution in [0.25, 0.3) is 0 Å². The number of nitrogens with zero attached hydrogens (tertiary/aromatic N) is 1. The first-order valence-electron chi connectivity index (χ1n) is 5.97. The lowest BCUT2D eigenvalue weighted by molar-refractivity contribution is -0.135. The third kappa shape index (κ3) is 3.40. The molecule has 7 nitrogen and oxygen atoms in total. The van der Waals surface area contributed by atoms with Gasteiger partial charge in [0.15, 0.2) is 9.84 Å². The monoisotopic (exact) mass is 307 g/mol. The molecule has 2 N–H and O–H groups in total. The fraction of sp³-hybridized carbons (Fsp3) is 0.800. The van der Waals surface area contributed by atoms with Crippen LogP contribution in [0.1, 0.15) is 0 Å². The van der Waals surface area contributed by atoms with Gasteiger partial charge in [0.1, 0.15) is 11.4 Å². The second-order valence-electron chi connectivity index (χ2n) is 4.63. The van der Waals surface area contributed by atoms with Crippen LogP contribution in [0.15, 0.2) is 0 Å². The van der Waals surface area contributed by atoms with Gasteiger partial charge >= 0.3 is 0 Å². The molecule has 0 aliphatic carbocycles. The van der Waals surface area contributed by atoms with Crippen molar-refractivity contribution in [2.75, 3.05) is 37.4 Å². The van der Waals surface area contributed by atoms with Crippen molar-refractivity contribution < 1.29 is 18.0 Å². The largest absolute Gasteiger partial charge is 0.353 e. The molecular weight excluding hydrogens is 290 g/mol. The molecule has 2 amide bonds. The SMILES string of the molecule is CS(=O)(=O)C1CSCCN1C(=O)C1CNC(=O)CN1. The molecule has 2 heterocycles. The molecule has 0 aromatic rings. The van der Waals surface area contributed by atoms with Crippen molar-refractivity contribution in [3.8, 4) is 0 Å². The van der Waals surface area contributed by atoms with Crippen LogP contribution in [0.3, 0.4) is 0 Å². The van der Waals surface area contributed by atoms with E-state index in [9.17, 15) is 18.0 Å². The molecule has 2 aliphatic rings. The van der Waals surface area contributed by atoms with Crippen LogP contribution in [-0.2, 0) is 19.4 Å². The molecule has 0 spiro atoms. The Kier molecular flexibility index (Phi) is 4.36. The Balaban J connectivity index is 2.09. The number of carbonyl (C=O) groups excluding carboxylic acids is 2. The summed E-state index contributed by atoms with van der Waals surface area (Å²) in [6.07, 6.45) is 1.15. The number of hydrogen-bond donors (Lipinski definition) is 2. The molecule has 19 heavy (non-hydrogen) atoms. The molecule has 2 fully saturated rings. The molecule has 2 saturated heterocycles. The molecule has 2 aliphatic heterocycles. The van der Waals surface area contributed by atoms with E-state index in [1.54, 1.807) is 0 Å². The zero-order chi connectivity index (χ0) is 14.0. The first kappa shape index (κ1) is 14.6. The molecule has 0 aromatic heterocycles. The Morgan fingerprint density at radius 3 is 2.79 bits per heavy atom. The lowest BCUT2D eigenvalue weighted by atomic mass is 10.2. The second-order valence-corrected chi connectivity index (χ2v) is 7.98. The zero-order valence-electron chi connectivity index (χ0n) is 10.6. The maximum absolute atomic E-state index is 12.4. The molecule has 9 heteroatoms. The quantitative estimate of drug-likeness (QED) is 0.614. The summed E-state index contributed by atoms with van der Waals surface area (Å²) in [5.74, 6) is 0.731. The van der Waals surface area contributed by atoms with Crippen molar-refractivity contribution in [3.05, 3.63) is 0 Å². The van der Waals surface area contributed by atoms with Crippen molar-refractivity contribution >= 4 is 33.4 Å². The highest BCUT2D eigenvalue weighted by Crippen LogP contribution is 2.21. The van der Waals surface area contributed by atoms with Crippen LogP contribution in [0, 0.1) is 0 Å². The smallest absolute Gasteiger partial charge is 0.242 e. The Labute approximate surface area is 116 Å². The number of thioether (sulfide) groups is 1. The van der Waals surface area contributed by atoms with Gasteiger partial charge in [0.2, 0.25) is 11.8 Å². The zero-order valence-corrected chi connectivity index (χ0v) is 12.2. The molecular formula is C10H17N3O4S2. The van der Waals surface area contributed by atoms with Gasteiger partial charge in [-0.1, -0.05) is 0 Å². The number of carbonyl (C=O) groups is 2. The number of rotatable bonds is 2. The average molecular weight is 307 g/mol. The predicted octanol–water partition coefficient (Wildman–Crippen LogP) is -1.98. The van der Waals surface area contributed by atoms with Gasteiger partial charge < -0.3 is 10.2 Å². The van der Waals surface area contributed by atoms with Crippen LogP contribution >= 0.6 is 11.8 Å². The highest BCUT2D eigenvalue weighted by Gasteiger charge is 2.37. The molecule has 0 aromatic carbocycles. The number of amides is 2. The summed E-state index contributed by atoms with van der Waals surface area (Å²) < 4.78 is 23.5. The summed E-state index contributed by atoms with van der Waals surface area (Å²) in [7, 11) is -3.30. The van der Waals surface area contributed by atoms with Crippen molar-refractivity contribution in [2.45, 2.75) is 11.4 Å². The third-order valence-corrected chi connectivity index (χ3v) is 5.82. The molecule has 108 valence electrons. The van der Waals surface area contributed by atoms with Gasteiger partial charge in [0, 0.05) is 30.9 Å². The third-order valence-electron chi connectivity index (χ3n) is 3.17. The van der Waals surface area contributed by atoms with Gasteiger partial charge in [-0.05, 0) is 0 Å². The number of nitrogens with one attached hydrogen (secondary N) is 2. The lowest BCUT2D eigenvalue weighted by Gasteiger charge is -2.37. The summed E-state index contributed by atoms with van der Waals surface area (Å²) in [5, 5.41) is 4.67. The maximum atomic E-state index is 12.4. The van der Waals surface area contributed by atoms with Gasteiger partial charge in [0.05, 0.1) is 6.54 Å². The minimum Gasteiger partial charge on any atom is -0.353 e. The maximum Gasteiger partial charge on any atom is 0.242 e. The van der Waals surface area contributed by atoms with Crippen LogP contribution in [-0.4, -0.2) is 73.9 Å². The Morgan fingerprint density at radius 2 is 2.21 bits per heavy atom. The van der Waals surface area contributed by atoms with E-state index in [2.05, 4.69) is 10.6 Å². The number of piperazine rings is 1. The standard InChI is InChI=1S/C10H17N3O4S2/c1-19(16,17)9-6-18-3-2-13(9)10(15)7-4-12-8(14)5-11-7/h7,9,11H,2-6H2,1H3,(H,12,14). The second kappa shape index (κ2) is 5.68. The molecule has 0 bridgehead atoms.